The Morgan fingerprint density at radius 1 is 1.29 bits per heavy atom. The number of nitrogens with two attached hydrogens (primary N) is 1. The number of carboxylic acid groups (broad SMARTS) is 1. The molecular formula is C11H23NO2. The summed E-state index contributed by atoms with van der Waals surface area (Å²) in [6.07, 6.45) is 6.34. The average Bonchev–Trinajstić information content (AvgIpc) is 2.17. The third-order valence-electron chi connectivity index (χ3n) is 2.75. The normalized spacial score (nSPS) is 15.1. The van der Waals surface area contributed by atoms with Crippen molar-refractivity contribution in [1.82, 2.24) is 0 Å². The van der Waals surface area contributed by atoms with Crippen LogP contribution in [-0.2, 0) is 4.79 Å². The van der Waals surface area contributed by atoms with Crippen LogP contribution in [0.15, 0.2) is 0 Å². The van der Waals surface area contributed by atoms with E-state index < -0.39 is 12.0 Å². The summed E-state index contributed by atoms with van der Waals surface area (Å²) >= 11 is 0. The first-order valence-corrected chi connectivity index (χ1v) is 5.60. The molecule has 0 aromatic carbocycles. The van der Waals surface area contributed by atoms with Gasteiger partial charge in [-0.25, -0.2) is 0 Å². The average molecular weight is 201 g/mol. The van der Waals surface area contributed by atoms with Crippen LogP contribution in [0.3, 0.4) is 0 Å². The predicted molar refractivity (Wildman–Crippen MR) is 58.2 cm³/mol. The second-order valence-corrected chi connectivity index (χ2v) is 3.94. The Kier molecular flexibility index (Phi) is 7.48. The molecule has 0 spiro atoms. The van der Waals surface area contributed by atoms with Crippen molar-refractivity contribution in [3.8, 4) is 0 Å². The number of carbonyl (C=O) groups is 1. The van der Waals surface area contributed by atoms with E-state index in [2.05, 4.69) is 13.8 Å². The smallest absolute Gasteiger partial charge is 0.320 e. The van der Waals surface area contributed by atoms with Crippen LogP contribution in [-0.4, -0.2) is 17.1 Å². The second kappa shape index (κ2) is 7.80. The first kappa shape index (κ1) is 13.4. The highest BCUT2D eigenvalue weighted by atomic mass is 16.4. The number of hydrogen-bond donors (Lipinski definition) is 2. The first-order chi connectivity index (χ1) is 6.61. The van der Waals surface area contributed by atoms with Gasteiger partial charge in [0.1, 0.15) is 6.04 Å². The van der Waals surface area contributed by atoms with Crippen molar-refractivity contribution in [1.29, 1.82) is 0 Å². The quantitative estimate of drug-likeness (QED) is 0.633. The van der Waals surface area contributed by atoms with E-state index in [1.165, 1.54) is 19.3 Å². The Labute approximate surface area is 86.7 Å². The van der Waals surface area contributed by atoms with Crippen LogP contribution >= 0.6 is 0 Å². The van der Waals surface area contributed by atoms with Gasteiger partial charge in [-0.2, -0.15) is 0 Å². The fraction of sp³-hybridized carbons (Fsp3) is 0.909. The van der Waals surface area contributed by atoms with E-state index in [1.807, 2.05) is 0 Å². The van der Waals surface area contributed by atoms with E-state index in [-0.39, 0.29) is 0 Å². The summed E-state index contributed by atoms with van der Waals surface area (Å²) in [4.78, 5) is 10.5. The predicted octanol–water partition coefficient (Wildman–Crippen LogP) is 2.39. The van der Waals surface area contributed by atoms with Gasteiger partial charge in [-0.1, -0.05) is 39.5 Å². The van der Waals surface area contributed by atoms with Gasteiger partial charge in [-0.15, -0.1) is 0 Å². The molecule has 0 radical (unpaired) electrons. The highest BCUT2D eigenvalue weighted by molar-refractivity contribution is 5.72. The lowest BCUT2D eigenvalue weighted by molar-refractivity contribution is -0.138. The molecule has 0 aromatic rings. The molecule has 84 valence electrons. The molecule has 0 aliphatic carbocycles. The topological polar surface area (TPSA) is 63.3 Å². The Morgan fingerprint density at radius 2 is 1.93 bits per heavy atom. The van der Waals surface area contributed by atoms with Crippen molar-refractivity contribution in [2.24, 2.45) is 11.7 Å². The molecule has 0 heterocycles. The van der Waals surface area contributed by atoms with Crippen molar-refractivity contribution >= 4 is 5.97 Å². The van der Waals surface area contributed by atoms with Gasteiger partial charge in [0.15, 0.2) is 0 Å². The third kappa shape index (κ3) is 5.97. The van der Waals surface area contributed by atoms with Crippen LogP contribution in [0, 0.1) is 5.92 Å². The molecule has 0 aliphatic rings. The number of unbranched alkanes of at least 4 members (excludes halogenated alkanes) is 1. The fourth-order valence-electron chi connectivity index (χ4n) is 1.58. The van der Waals surface area contributed by atoms with Gasteiger partial charge < -0.3 is 10.8 Å². The lowest BCUT2D eigenvalue weighted by atomic mass is 9.93. The second-order valence-electron chi connectivity index (χ2n) is 3.94. The monoisotopic (exact) mass is 201 g/mol. The van der Waals surface area contributed by atoms with E-state index in [9.17, 15) is 4.79 Å². The standard InChI is InChI=1S/C11H23NO2/c1-3-5-6-9(4-2)7-8-10(12)11(13)14/h9-10H,3-8,12H2,1-2H3,(H,13,14). The summed E-state index contributed by atoms with van der Waals surface area (Å²) < 4.78 is 0. The number of hydrogen-bond acceptors (Lipinski definition) is 2. The number of aliphatic carboxylic acids is 1. The van der Waals surface area contributed by atoms with E-state index in [1.54, 1.807) is 0 Å². The van der Waals surface area contributed by atoms with Gasteiger partial charge in [-0.05, 0) is 18.8 Å². The zero-order chi connectivity index (χ0) is 11.0. The minimum absolute atomic E-state index is 0.609. The zero-order valence-corrected chi connectivity index (χ0v) is 9.33. The highest BCUT2D eigenvalue weighted by Crippen LogP contribution is 2.18. The Balaban J connectivity index is 3.66. The van der Waals surface area contributed by atoms with Gasteiger partial charge in [-0.3, -0.25) is 4.79 Å². The molecule has 2 unspecified atom stereocenters. The van der Waals surface area contributed by atoms with E-state index >= 15 is 0 Å². The molecule has 0 fully saturated rings. The maximum atomic E-state index is 10.5. The Hall–Kier alpha value is -0.570. The summed E-state index contributed by atoms with van der Waals surface area (Å²) in [6.45, 7) is 4.34. The molecule has 0 rings (SSSR count). The molecule has 3 nitrogen and oxygen atoms in total. The fourth-order valence-corrected chi connectivity index (χ4v) is 1.58. The van der Waals surface area contributed by atoms with Gasteiger partial charge in [0.25, 0.3) is 0 Å². The van der Waals surface area contributed by atoms with Gasteiger partial charge in [0.2, 0.25) is 0 Å². The minimum Gasteiger partial charge on any atom is -0.480 e. The number of carboxylic acids is 1. The van der Waals surface area contributed by atoms with Crippen LogP contribution in [0.25, 0.3) is 0 Å². The lowest BCUT2D eigenvalue weighted by Gasteiger charge is -2.15. The first-order valence-electron chi connectivity index (χ1n) is 5.60. The maximum absolute atomic E-state index is 10.5. The Bertz CT molecular complexity index is 159. The molecule has 3 heteroatoms. The molecule has 0 aliphatic heterocycles. The molecule has 14 heavy (non-hydrogen) atoms. The van der Waals surface area contributed by atoms with Crippen molar-refractivity contribution in [3.63, 3.8) is 0 Å². The van der Waals surface area contributed by atoms with Crippen molar-refractivity contribution < 1.29 is 9.90 Å². The van der Waals surface area contributed by atoms with Crippen LogP contribution in [0.2, 0.25) is 0 Å². The van der Waals surface area contributed by atoms with Crippen molar-refractivity contribution in [3.05, 3.63) is 0 Å². The van der Waals surface area contributed by atoms with Crippen LogP contribution in [0.4, 0.5) is 0 Å². The molecule has 0 bridgehead atoms. The Morgan fingerprint density at radius 3 is 2.36 bits per heavy atom. The zero-order valence-electron chi connectivity index (χ0n) is 9.33. The van der Waals surface area contributed by atoms with E-state index in [0.717, 1.165) is 12.8 Å². The summed E-state index contributed by atoms with van der Waals surface area (Å²) in [5.74, 6) is -0.226. The van der Waals surface area contributed by atoms with Gasteiger partial charge in [0, 0.05) is 0 Å². The summed E-state index contributed by atoms with van der Waals surface area (Å²) in [6, 6.07) is -0.675. The highest BCUT2D eigenvalue weighted by Gasteiger charge is 2.14. The van der Waals surface area contributed by atoms with Crippen LogP contribution in [0.5, 0.6) is 0 Å². The van der Waals surface area contributed by atoms with Gasteiger partial charge in [0.05, 0.1) is 0 Å². The third-order valence-corrected chi connectivity index (χ3v) is 2.75. The molecule has 0 saturated carbocycles. The van der Waals surface area contributed by atoms with Crippen LogP contribution < -0.4 is 5.73 Å². The molecular weight excluding hydrogens is 178 g/mol. The number of rotatable bonds is 8. The minimum atomic E-state index is -0.879. The lowest BCUT2D eigenvalue weighted by Crippen LogP contribution is -2.30. The summed E-state index contributed by atoms with van der Waals surface area (Å²) in [5, 5.41) is 8.62. The molecule has 3 N–H and O–H groups in total. The molecule has 0 amide bonds. The molecule has 0 saturated heterocycles. The molecule has 0 aromatic heterocycles. The van der Waals surface area contributed by atoms with Crippen molar-refractivity contribution in [2.45, 2.75) is 58.4 Å². The largest absolute Gasteiger partial charge is 0.480 e. The van der Waals surface area contributed by atoms with Gasteiger partial charge >= 0.3 is 5.97 Å². The molecule has 2 atom stereocenters. The summed E-state index contributed by atoms with van der Waals surface area (Å²) in [7, 11) is 0. The maximum Gasteiger partial charge on any atom is 0.320 e. The van der Waals surface area contributed by atoms with E-state index in [4.69, 9.17) is 10.8 Å². The SMILES string of the molecule is CCCCC(CC)CCC(N)C(=O)O. The summed E-state index contributed by atoms with van der Waals surface area (Å²) in [5.41, 5.74) is 5.45. The van der Waals surface area contributed by atoms with Crippen LogP contribution in [0.1, 0.15) is 52.4 Å². The van der Waals surface area contributed by atoms with Crippen molar-refractivity contribution in [2.75, 3.05) is 0 Å². The van der Waals surface area contributed by atoms with E-state index in [0.29, 0.717) is 12.3 Å².